The van der Waals surface area contributed by atoms with E-state index in [1.807, 2.05) is 6.20 Å². The molecule has 1 saturated carbocycles. The van der Waals surface area contributed by atoms with Crippen molar-refractivity contribution < 1.29 is 0 Å². The highest BCUT2D eigenvalue weighted by Gasteiger charge is 2.27. The molecule has 3 aliphatic rings. The highest BCUT2D eigenvalue weighted by Crippen LogP contribution is 2.43. The summed E-state index contributed by atoms with van der Waals surface area (Å²) in [5.74, 6) is 1.23. The zero-order valence-electron chi connectivity index (χ0n) is 22.6. The van der Waals surface area contributed by atoms with Crippen molar-refractivity contribution in [1.29, 1.82) is 0 Å². The molecule has 1 aliphatic carbocycles. The molecule has 2 N–H and O–H groups in total. The number of fused-ring (bicyclic) bond motifs is 1. The van der Waals surface area contributed by atoms with Crippen LogP contribution in [0.2, 0.25) is 5.02 Å². The van der Waals surface area contributed by atoms with Crippen molar-refractivity contribution in [2.24, 2.45) is 0 Å². The number of aromatic nitrogens is 2. The Kier molecular flexibility index (Phi) is 7.02. The van der Waals surface area contributed by atoms with Crippen LogP contribution in [0.1, 0.15) is 66.5 Å². The maximum atomic E-state index is 6.65. The lowest BCUT2D eigenvalue weighted by Crippen LogP contribution is -2.43. The third kappa shape index (κ3) is 5.25. The van der Waals surface area contributed by atoms with Crippen LogP contribution in [0.3, 0.4) is 0 Å². The standard InChI is InChI=1S/C31H37ClN6/c1-4-37(3)25-9-11-38(12-10-25)26-15-22(21-6-7-21)14-24(16-26)35-31-34-19-29(32)30(36-31)28-18-33-17-23-13-20(2)5-8-27(23)28/h5,8,13-16,18-19,21,25,33H,4,6-7,9-12,17H2,1-3H3,(H,34,35,36). The van der Waals surface area contributed by atoms with Gasteiger partial charge in [0, 0.05) is 48.8 Å². The van der Waals surface area contributed by atoms with Crippen LogP contribution in [0.25, 0.3) is 5.57 Å². The number of hydrogen-bond acceptors (Lipinski definition) is 6. The topological polar surface area (TPSA) is 56.3 Å². The maximum Gasteiger partial charge on any atom is 0.227 e. The molecule has 3 heterocycles. The summed E-state index contributed by atoms with van der Waals surface area (Å²) in [7, 11) is 2.25. The molecule has 38 heavy (non-hydrogen) atoms. The quantitative estimate of drug-likeness (QED) is 0.366. The first-order valence-electron chi connectivity index (χ1n) is 13.9. The van der Waals surface area contributed by atoms with Crippen LogP contribution in [0.5, 0.6) is 0 Å². The second-order valence-electron chi connectivity index (χ2n) is 11.0. The van der Waals surface area contributed by atoms with Crippen molar-refractivity contribution in [3.8, 4) is 0 Å². The van der Waals surface area contributed by atoms with Gasteiger partial charge in [-0.1, -0.05) is 42.3 Å². The zero-order chi connectivity index (χ0) is 26.2. The lowest BCUT2D eigenvalue weighted by molar-refractivity contribution is 0.218. The van der Waals surface area contributed by atoms with Crippen molar-refractivity contribution in [2.45, 2.75) is 58.0 Å². The summed E-state index contributed by atoms with van der Waals surface area (Å²) in [6.45, 7) is 8.45. The van der Waals surface area contributed by atoms with Crippen LogP contribution in [-0.4, -0.2) is 47.6 Å². The van der Waals surface area contributed by atoms with E-state index in [4.69, 9.17) is 16.6 Å². The molecular formula is C31H37ClN6. The third-order valence-electron chi connectivity index (χ3n) is 8.29. The minimum Gasteiger partial charge on any atom is -0.386 e. The molecule has 3 aromatic rings. The summed E-state index contributed by atoms with van der Waals surface area (Å²) in [5.41, 5.74) is 9.14. The van der Waals surface area contributed by atoms with E-state index in [2.05, 4.69) is 82.7 Å². The van der Waals surface area contributed by atoms with Gasteiger partial charge in [-0.05, 0) is 87.0 Å². The van der Waals surface area contributed by atoms with E-state index >= 15 is 0 Å². The molecule has 0 atom stereocenters. The number of nitrogens with one attached hydrogen (secondary N) is 2. The highest BCUT2D eigenvalue weighted by molar-refractivity contribution is 6.32. The molecule has 2 fully saturated rings. The normalized spacial score (nSPS) is 17.7. The number of hydrogen-bond donors (Lipinski definition) is 2. The number of halogens is 1. The van der Waals surface area contributed by atoms with E-state index in [9.17, 15) is 0 Å². The first-order chi connectivity index (χ1) is 18.5. The molecule has 7 heteroatoms. The van der Waals surface area contributed by atoms with Gasteiger partial charge in [0.25, 0.3) is 0 Å². The van der Waals surface area contributed by atoms with E-state index in [0.29, 0.717) is 22.9 Å². The summed E-state index contributed by atoms with van der Waals surface area (Å²) in [5, 5.41) is 7.45. The lowest BCUT2D eigenvalue weighted by Gasteiger charge is -2.37. The van der Waals surface area contributed by atoms with E-state index in [-0.39, 0.29) is 0 Å². The molecule has 6 nitrogen and oxygen atoms in total. The predicted molar refractivity (Wildman–Crippen MR) is 157 cm³/mol. The predicted octanol–water partition coefficient (Wildman–Crippen LogP) is 6.47. The van der Waals surface area contributed by atoms with Gasteiger partial charge in [0.2, 0.25) is 5.95 Å². The minimum atomic E-state index is 0.546. The minimum absolute atomic E-state index is 0.546. The fourth-order valence-corrected chi connectivity index (χ4v) is 5.97. The summed E-state index contributed by atoms with van der Waals surface area (Å²) in [6.07, 6.45) is 8.67. The lowest BCUT2D eigenvalue weighted by atomic mass is 9.94. The fraction of sp³-hybridized carbons (Fsp3) is 0.419. The Morgan fingerprint density at radius 1 is 1.11 bits per heavy atom. The molecule has 2 aromatic carbocycles. The van der Waals surface area contributed by atoms with E-state index in [0.717, 1.165) is 48.7 Å². The Labute approximate surface area is 231 Å². The molecule has 1 aromatic heterocycles. The van der Waals surface area contributed by atoms with Crippen LogP contribution in [0.4, 0.5) is 17.3 Å². The van der Waals surface area contributed by atoms with Gasteiger partial charge in [-0.15, -0.1) is 0 Å². The summed E-state index contributed by atoms with van der Waals surface area (Å²) >= 11 is 6.65. The van der Waals surface area contributed by atoms with Gasteiger partial charge >= 0.3 is 0 Å². The van der Waals surface area contributed by atoms with Crippen molar-refractivity contribution in [3.05, 3.63) is 81.8 Å². The average molecular weight is 529 g/mol. The number of anilines is 3. The van der Waals surface area contributed by atoms with Crippen molar-refractivity contribution >= 4 is 34.5 Å². The number of nitrogens with zero attached hydrogens (tertiary/aromatic N) is 4. The van der Waals surface area contributed by atoms with Crippen molar-refractivity contribution in [1.82, 2.24) is 20.2 Å². The van der Waals surface area contributed by atoms with Crippen LogP contribution in [-0.2, 0) is 6.54 Å². The van der Waals surface area contributed by atoms with Crippen molar-refractivity contribution in [2.75, 3.05) is 36.9 Å². The Hall–Kier alpha value is -3.09. The highest BCUT2D eigenvalue weighted by atomic mass is 35.5. The van der Waals surface area contributed by atoms with Crippen LogP contribution in [0, 0.1) is 6.92 Å². The molecule has 0 radical (unpaired) electrons. The van der Waals surface area contributed by atoms with Gasteiger partial charge in [0.05, 0.1) is 16.9 Å². The van der Waals surface area contributed by atoms with Crippen molar-refractivity contribution in [3.63, 3.8) is 0 Å². The molecule has 0 bridgehead atoms. The maximum absolute atomic E-state index is 6.65. The Morgan fingerprint density at radius 3 is 2.68 bits per heavy atom. The molecular weight excluding hydrogens is 492 g/mol. The van der Waals surface area contributed by atoms with E-state index < -0.39 is 0 Å². The molecule has 1 saturated heterocycles. The Balaban J connectivity index is 1.27. The van der Waals surface area contributed by atoms with Gasteiger partial charge in [-0.3, -0.25) is 0 Å². The second kappa shape index (κ2) is 10.6. The van der Waals surface area contributed by atoms with E-state index in [1.54, 1.807) is 6.20 Å². The summed E-state index contributed by atoms with van der Waals surface area (Å²) in [4.78, 5) is 14.5. The number of rotatable bonds is 7. The summed E-state index contributed by atoms with van der Waals surface area (Å²) < 4.78 is 0. The molecule has 2 aliphatic heterocycles. The van der Waals surface area contributed by atoms with Gasteiger partial charge in [0.15, 0.2) is 0 Å². The molecule has 0 spiro atoms. The first kappa shape index (κ1) is 25.2. The number of aryl methyl sites for hydroxylation is 1. The molecule has 0 unspecified atom stereocenters. The number of benzene rings is 2. The van der Waals surface area contributed by atoms with E-state index in [1.165, 1.54) is 48.1 Å². The van der Waals surface area contributed by atoms with Crippen LogP contribution >= 0.6 is 11.6 Å². The summed E-state index contributed by atoms with van der Waals surface area (Å²) in [6, 6.07) is 14.1. The molecule has 198 valence electrons. The largest absolute Gasteiger partial charge is 0.386 e. The average Bonchev–Trinajstić information content (AvgIpc) is 3.79. The Morgan fingerprint density at radius 2 is 1.92 bits per heavy atom. The van der Waals surface area contributed by atoms with Gasteiger partial charge in [0.1, 0.15) is 0 Å². The number of piperidine rings is 1. The Bertz CT molecular complexity index is 1360. The van der Waals surface area contributed by atoms with Gasteiger partial charge in [-0.25, -0.2) is 9.97 Å². The van der Waals surface area contributed by atoms with Gasteiger partial charge < -0.3 is 20.4 Å². The first-order valence-corrected chi connectivity index (χ1v) is 14.3. The van der Waals surface area contributed by atoms with Gasteiger partial charge in [-0.2, -0.15) is 0 Å². The van der Waals surface area contributed by atoms with Crippen LogP contribution in [0.15, 0.2) is 48.8 Å². The van der Waals surface area contributed by atoms with Crippen LogP contribution < -0.4 is 15.5 Å². The monoisotopic (exact) mass is 528 g/mol. The smallest absolute Gasteiger partial charge is 0.227 e. The zero-order valence-corrected chi connectivity index (χ0v) is 23.4. The fourth-order valence-electron chi connectivity index (χ4n) is 5.78. The SMILES string of the molecule is CCN(C)C1CCN(c2cc(Nc3ncc(Cl)c(C4=CNCc5cc(C)ccc54)n3)cc(C3CC3)c2)CC1. The molecule has 6 rings (SSSR count). The third-order valence-corrected chi connectivity index (χ3v) is 8.56. The second-order valence-corrected chi connectivity index (χ2v) is 11.4. The molecule has 0 amide bonds.